The molecule has 3 aromatic heterocycles. The number of rotatable bonds is 6. The molecule has 0 amide bonds. The average molecular weight is 856 g/mol. The van der Waals surface area contributed by atoms with E-state index in [1.807, 2.05) is 48.0 Å². The second-order valence-electron chi connectivity index (χ2n) is 12.9. The van der Waals surface area contributed by atoms with Crippen molar-refractivity contribution in [2.24, 2.45) is 5.92 Å². The molecule has 0 spiro atoms. The molecule has 7 rings (SSSR count). The van der Waals surface area contributed by atoms with E-state index < -0.39 is 13.3 Å². The number of nitrogens with zero attached hydrogens (tertiary/aromatic N) is 2. The number of hydrogen-bond donors (Lipinski definition) is 0. The van der Waals surface area contributed by atoms with Crippen LogP contribution >= 0.6 is 11.3 Å². The Bertz CT molecular complexity index is 2030. The molecule has 2 nitrogen and oxygen atoms in total. The van der Waals surface area contributed by atoms with Gasteiger partial charge in [0, 0.05) is 31.0 Å². The van der Waals surface area contributed by atoms with Gasteiger partial charge in [-0.2, -0.15) is 11.3 Å². The van der Waals surface area contributed by atoms with Crippen molar-refractivity contribution in [1.29, 1.82) is 0 Å². The summed E-state index contributed by atoms with van der Waals surface area (Å²) in [5.41, 5.74) is 8.03. The Labute approximate surface area is 293 Å². The van der Waals surface area contributed by atoms with Gasteiger partial charge in [0.1, 0.15) is 0 Å². The summed E-state index contributed by atoms with van der Waals surface area (Å²) >= 11 is 0.131. The summed E-state index contributed by atoms with van der Waals surface area (Å²) < 4.78 is 4.05. The molecule has 0 saturated heterocycles. The van der Waals surface area contributed by atoms with E-state index in [4.69, 9.17) is 0 Å². The molecule has 1 radical (unpaired) electrons. The van der Waals surface area contributed by atoms with Gasteiger partial charge in [0.25, 0.3) is 0 Å². The molecule has 0 bridgehead atoms. The van der Waals surface area contributed by atoms with E-state index in [9.17, 15) is 0 Å². The van der Waals surface area contributed by atoms with Crippen molar-refractivity contribution in [3.8, 4) is 33.6 Å². The largest absolute Gasteiger partial charge is 0 e. The first-order chi connectivity index (χ1) is 21.8. The van der Waals surface area contributed by atoms with E-state index in [0.717, 1.165) is 28.9 Å². The minimum absolute atomic E-state index is 0. The molecular weight excluding hydrogens is 817 g/mol. The van der Waals surface area contributed by atoms with Crippen LogP contribution in [0.5, 0.6) is 0 Å². The van der Waals surface area contributed by atoms with Crippen LogP contribution in [0.25, 0.3) is 53.8 Å². The quantitative estimate of drug-likeness (QED) is 0.123. The van der Waals surface area contributed by atoms with Gasteiger partial charge < -0.3 is 4.98 Å². The van der Waals surface area contributed by atoms with E-state index in [2.05, 4.69) is 138 Å². The summed E-state index contributed by atoms with van der Waals surface area (Å²) in [5, 5.41) is 2.59. The molecule has 3 heterocycles. The second kappa shape index (κ2) is 15.0. The minimum atomic E-state index is -1.72. The van der Waals surface area contributed by atoms with Crippen LogP contribution in [-0.2, 0) is 26.5 Å². The Morgan fingerprint density at radius 2 is 1.54 bits per heavy atom. The summed E-state index contributed by atoms with van der Waals surface area (Å²) in [4.78, 5) is 9.16. The maximum atomic E-state index is 4.63. The summed E-state index contributed by atoms with van der Waals surface area (Å²) in [7, 11) is 0. The molecule has 5 heteroatoms. The van der Waals surface area contributed by atoms with Crippen molar-refractivity contribution in [3.63, 3.8) is 0 Å². The van der Waals surface area contributed by atoms with Crippen molar-refractivity contribution in [2.45, 2.75) is 37.5 Å². The second-order valence-corrected chi connectivity index (χ2v) is 24.6. The number of benzene rings is 4. The van der Waals surface area contributed by atoms with Gasteiger partial charge >= 0.3 is 99.8 Å². The van der Waals surface area contributed by atoms with Gasteiger partial charge in [0.2, 0.25) is 0 Å². The number of aromatic nitrogens is 2. The normalized spacial score (nSPS) is 11.3. The molecule has 0 N–H and O–H groups in total. The summed E-state index contributed by atoms with van der Waals surface area (Å²) in [6.45, 7) is 4.50. The third-order valence-corrected chi connectivity index (χ3v) is 13.3. The van der Waals surface area contributed by atoms with Crippen LogP contribution in [0.15, 0.2) is 122 Å². The first kappa shape index (κ1) is 33.9. The van der Waals surface area contributed by atoms with Gasteiger partial charge in [0.05, 0.1) is 0 Å². The molecule has 0 saturated carbocycles. The topological polar surface area (TPSA) is 25.8 Å². The monoisotopic (exact) mass is 857 g/mol. The number of pyridine rings is 2. The Kier molecular flexibility index (Phi) is 11.1. The zero-order valence-corrected chi connectivity index (χ0v) is 32.3. The van der Waals surface area contributed by atoms with Gasteiger partial charge in [-0.15, -0.1) is 23.8 Å². The first-order valence-corrected chi connectivity index (χ1v) is 23.7. The van der Waals surface area contributed by atoms with E-state index in [1.54, 1.807) is 0 Å². The van der Waals surface area contributed by atoms with Gasteiger partial charge in [-0.25, -0.2) is 0 Å². The summed E-state index contributed by atoms with van der Waals surface area (Å²) in [5.74, 6) is 7.77. The first-order valence-electron chi connectivity index (χ1n) is 15.6. The zero-order chi connectivity index (χ0) is 31.4. The molecule has 0 aliphatic carbocycles. The third-order valence-electron chi connectivity index (χ3n) is 7.87. The van der Waals surface area contributed by atoms with Crippen molar-refractivity contribution in [2.75, 3.05) is 0 Å². The summed E-state index contributed by atoms with van der Waals surface area (Å²) in [6, 6.07) is 44.9. The van der Waals surface area contributed by atoms with Gasteiger partial charge in [-0.3, -0.25) is 0 Å². The van der Waals surface area contributed by atoms with Crippen LogP contribution in [0.4, 0.5) is 0 Å². The Balaban J connectivity index is 0.000000209. The molecule has 233 valence electrons. The SMILES string of the molecule is CC(C)Cc1ccnc(-c2[c-]cc3sc4c(-c5ccccc5)cccc4c3c2)c1.[CH3][Ge]([CH3])([CH3])[c]1ccc(-c2[c-]cccc2)nc1.[Ir]. The fraction of sp³-hybridized carbons (Fsp3) is 0.171. The van der Waals surface area contributed by atoms with Crippen molar-refractivity contribution >= 4 is 49.2 Å². The van der Waals surface area contributed by atoms with Gasteiger partial charge in [-0.1, -0.05) is 79.4 Å². The Hall–Kier alpha value is -3.41. The fourth-order valence-corrected chi connectivity index (χ4v) is 8.88. The standard InChI is InChI=1S/C27H22NS.C14H16GeN.Ir/c1-18(2)15-19-13-14-28-25(16-19)21-11-12-26-24(17-21)23-10-6-9-22(27(23)29-26)20-7-4-3-5-8-20;1-15(2,3)13-9-10-14(16-11-13)12-7-5-4-6-8-12;/h3-10,12-14,16-18H,15H2,1-2H3;4-7,9-11H,1-3H3;/q2*-1;. The Morgan fingerprint density at radius 1 is 0.739 bits per heavy atom. The molecule has 0 aliphatic heterocycles. The number of fused-ring (bicyclic) bond motifs is 3. The molecule has 4 aromatic carbocycles. The minimum Gasteiger partial charge on any atom is 0 e. The average Bonchev–Trinajstić information content (AvgIpc) is 3.44. The van der Waals surface area contributed by atoms with Crippen molar-refractivity contribution in [3.05, 3.63) is 139 Å². The van der Waals surface area contributed by atoms with Crippen LogP contribution in [0, 0.1) is 18.1 Å². The number of hydrogen-bond acceptors (Lipinski definition) is 3. The number of thiophene rings is 1. The smallest absolute Gasteiger partial charge is 0 e. The molecule has 7 aromatic rings. The van der Waals surface area contributed by atoms with E-state index >= 15 is 0 Å². The van der Waals surface area contributed by atoms with Crippen LogP contribution in [0.3, 0.4) is 0 Å². The van der Waals surface area contributed by atoms with E-state index in [0.29, 0.717) is 5.92 Å². The molecular formula is C41H38GeIrN2S-2. The molecule has 0 atom stereocenters. The van der Waals surface area contributed by atoms with Gasteiger partial charge in [-0.05, 0) is 45.3 Å². The van der Waals surface area contributed by atoms with Crippen molar-refractivity contribution < 1.29 is 20.1 Å². The predicted octanol–water partition coefficient (Wildman–Crippen LogP) is 10.9. The maximum Gasteiger partial charge on any atom is 0 e. The van der Waals surface area contributed by atoms with Crippen LogP contribution in [0.2, 0.25) is 17.3 Å². The summed E-state index contributed by atoms with van der Waals surface area (Å²) in [6.07, 6.45) is 5.03. The third kappa shape index (κ3) is 7.93. The molecule has 46 heavy (non-hydrogen) atoms. The maximum absolute atomic E-state index is 4.63. The predicted molar refractivity (Wildman–Crippen MR) is 197 cm³/mol. The van der Waals surface area contributed by atoms with E-state index in [1.165, 1.54) is 41.3 Å². The van der Waals surface area contributed by atoms with Gasteiger partial charge in [0.15, 0.2) is 0 Å². The Morgan fingerprint density at radius 3 is 2.24 bits per heavy atom. The molecule has 0 fully saturated rings. The van der Waals surface area contributed by atoms with Crippen LogP contribution in [-0.4, -0.2) is 23.2 Å². The van der Waals surface area contributed by atoms with Crippen molar-refractivity contribution in [1.82, 2.24) is 9.97 Å². The van der Waals surface area contributed by atoms with E-state index in [-0.39, 0.29) is 20.1 Å². The van der Waals surface area contributed by atoms with Crippen LogP contribution < -0.4 is 4.40 Å². The van der Waals surface area contributed by atoms with Crippen LogP contribution in [0.1, 0.15) is 19.4 Å². The fourth-order valence-electron chi connectivity index (χ4n) is 5.50. The molecule has 0 unspecified atom stereocenters. The zero-order valence-electron chi connectivity index (χ0n) is 27.0. The molecule has 0 aliphatic rings.